The lowest BCUT2D eigenvalue weighted by Crippen LogP contribution is -2.24. The monoisotopic (exact) mass is 216 g/mol. The predicted molar refractivity (Wildman–Crippen MR) is 61.6 cm³/mol. The minimum absolute atomic E-state index is 0.173. The summed E-state index contributed by atoms with van der Waals surface area (Å²) in [5.41, 5.74) is 14.2. The SMILES string of the molecule is Nc1nc(N)c2cc3c(nc2n1)CCNC3. The average Bonchev–Trinajstić information content (AvgIpc) is 2.27. The Bertz CT molecular complexity index is 565. The van der Waals surface area contributed by atoms with Crippen LogP contribution in [0.3, 0.4) is 0 Å². The van der Waals surface area contributed by atoms with E-state index in [9.17, 15) is 0 Å². The highest BCUT2D eigenvalue weighted by atomic mass is 15.1. The molecule has 0 saturated carbocycles. The maximum absolute atomic E-state index is 5.80. The number of hydrogen-bond acceptors (Lipinski definition) is 6. The molecule has 0 radical (unpaired) electrons. The van der Waals surface area contributed by atoms with Gasteiger partial charge in [-0.05, 0) is 11.6 Å². The zero-order chi connectivity index (χ0) is 11.1. The molecule has 0 unspecified atom stereocenters. The average molecular weight is 216 g/mol. The lowest BCUT2D eigenvalue weighted by atomic mass is 10.1. The third kappa shape index (κ3) is 1.35. The van der Waals surface area contributed by atoms with Crippen molar-refractivity contribution >= 4 is 22.8 Å². The van der Waals surface area contributed by atoms with Crippen LogP contribution in [0.2, 0.25) is 0 Å². The van der Waals surface area contributed by atoms with E-state index >= 15 is 0 Å². The minimum atomic E-state index is 0.173. The molecule has 2 aromatic heterocycles. The summed E-state index contributed by atoms with van der Waals surface area (Å²) < 4.78 is 0. The molecule has 1 aliphatic heterocycles. The number of fused-ring (bicyclic) bond motifs is 2. The van der Waals surface area contributed by atoms with Gasteiger partial charge in [-0.1, -0.05) is 0 Å². The van der Waals surface area contributed by atoms with E-state index in [1.807, 2.05) is 6.07 Å². The van der Waals surface area contributed by atoms with E-state index in [4.69, 9.17) is 11.5 Å². The summed E-state index contributed by atoms with van der Waals surface area (Å²) >= 11 is 0. The van der Waals surface area contributed by atoms with E-state index < -0.39 is 0 Å². The summed E-state index contributed by atoms with van der Waals surface area (Å²) in [4.78, 5) is 12.5. The van der Waals surface area contributed by atoms with Gasteiger partial charge in [0.2, 0.25) is 5.95 Å². The van der Waals surface area contributed by atoms with Crippen LogP contribution in [-0.4, -0.2) is 21.5 Å². The van der Waals surface area contributed by atoms with Crippen molar-refractivity contribution in [1.29, 1.82) is 0 Å². The van der Waals surface area contributed by atoms with Gasteiger partial charge in [-0.25, -0.2) is 4.98 Å². The van der Waals surface area contributed by atoms with E-state index in [2.05, 4.69) is 20.3 Å². The van der Waals surface area contributed by atoms with Gasteiger partial charge in [0.05, 0.1) is 5.39 Å². The van der Waals surface area contributed by atoms with Crippen molar-refractivity contribution in [2.24, 2.45) is 0 Å². The van der Waals surface area contributed by atoms with Crippen LogP contribution in [0, 0.1) is 0 Å². The van der Waals surface area contributed by atoms with E-state index in [0.717, 1.165) is 30.6 Å². The second kappa shape index (κ2) is 3.28. The van der Waals surface area contributed by atoms with Crippen molar-refractivity contribution in [3.63, 3.8) is 0 Å². The Hall–Kier alpha value is -1.95. The van der Waals surface area contributed by atoms with Crippen LogP contribution in [-0.2, 0) is 13.0 Å². The van der Waals surface area contributed by atoms with Gasteiger partial charge in [0.15, 0.2) is 5.65 Å². The molecule has 0 spiro atoms. The van der Waals surface area contributed by atoms with Crippen molar-refractivity contribution in [2.45, 2.75) is 13.0 Å². The third-order valence-corrected chi connectivity index (χ3v) is 2.76. The fraction of sp³-hybridized carbons (Fsp3) is 0.300. The molecule has 6 heteroatoms. The predicted octanol–water partition coefficient (Wildman–Crippen LogP) is -0.165. The first kappa shape index (κ1) is 9.29. The van der Waals surface area contributed by atoms with Gasteiger partial charge in [-0.15, -0.1) is 0 Å². The molecule has 2 aromatic rings. The third-order valence-electron chi connectivity index (χ3n) is 2.76. The molecule has 3 rings (SSSR count). The first-order valence-electron chi connectivity index (χ1n) is 5.16. The van der Waals surface area contributed by atoms with Crippen LogP contribution in [0.4, 0.5) is 11.8 Å². The fourth-order valence-electron chi connectivity index (χ4n) is 1.97. The van der Waals surface area contributed by atoms with E-state index in [0.29, 0.717) is 11.5 Å². The highest BCUT2D eigenvalue weighted by molar-refractivity contribution is 5.86. The van der Waals surface area contributed by atoms with Gasteiger partial charge in [0, 0.05) is 25.2 Å². The molecule has 5 N–H and O–H groups in total. The van der Waals surface area contributed by atoms with Crippen molar-refractivity contribution in [1.82, 2.24) is 20.3 Å². The summed E-state index contributed by atoms with van der Waals surface area (Å²) in [5.74, 6) is 0.565. The molecular formula is C10H12N6. The maximum atomic E-state index is 5.80. The van der Waals surface area contributed by atoms with Crippen molar-refractivity contribution in [3.05, 3.63) is 17.3 Å². The summed E-state index contributed by atoms with van der Waals surface area (Å²) in [6.45, 7) is 1.77. The Morgan fingerprint density at radius 2 is 2.06 bits per heavy atom. The normalized spacial score (nSPS) is 15.0. The first-order valence-corrected chi connectivity index (χ1v) is 5.16. The molecule has 0 aliphatic carbocycles. The van der Waals surface area contributed by atoms with Crippen LogP contribution >= 0.6 is 0 Å². The van der Waals surface area contributed by atoms with Crippen LogP contribution < -0.4 is 16.8 Å². The molecule has 0 fully saturated rings. The number of pyridine rings is 1. The first-order chi connectivity index (χ1) is 7.74. The van der Waals surface area contributed by atoms with Gasteiger partial charge in [0.25, 0.3) is 0 Å². The van der Waals surface area contributed by atoms with Crippen LogP contribution in [0.15, 0.2) is 6.07 Å². The maximum Gasteiger partial charge on any atom is 0.224 e. The Morgan fingerprint density at radius 1 is 1.19 bits per heavy atom. The number of hydrogen-bond donors (Lipinski definition) is 3. The molecule has 6 nitrogen and oxygen atoms in total. The van der Waals surface area contributed by atoms with Crippen molar-refractivity contribution < 1.29 is 0 Å². The summed E-state index contributed by atoms with van der Waals surface area (Å²) in [5, 5.41) is 4.06. The number of nitrogens with two attached hydrogens (primary N) is 2. The number of anilines is 2. The fourth-order valence-corrected chi connectivity index (χ4v) is 1.97. The van der Waals surface area contributed by atoms with Crippen LogP contribution in [0.1, 0.15) is 11.3 Å². The second-order valence-corrected chi connectivity index (χ2v) is 3.86. The Morgan fingerprint density at radius 3 is 2.94 bits per heavy atom. The molecule has 0 saturated heterocycles. The lowest BCUT2D eigenvalue weighted by molar-refractivity contribution is 0.632. The lowest BCUT2D eigenvalue weighted by Gasteiger charge is -2.16. The number of rotatable bonds is 0. The highest BCUT2D eigenvalue weighted by Crippen LogP contribution is 2.22. The molecule has 0 bridgehead atoms. The molecule has 82 valence electrons. The van der Waals surface area contributed by atoms with Gasteiger partial charge in [0.1, 0.15) is 5.82 Å². The van der Waals surface area contributed by atoms with Crippen LogP contribution in [0.25, 0.3) is 11.0 Å². The number of nitrogen functional groups attached to an aromatic ring is 2. The topological polar surface area (TPSA) is 103 Å². The Kier molecular flexibility index (Phi) is 1.90. The Balaban J connectivity index is 2.31. The zero-order valence-electron chi connectivity index (χ0n) is 8.70. The van der Waals surface area contributed by atoms with E-state index in [1.165, 1.54) is 5.56 Å². The minimum Gasteiger partial charge on any atom is -0.383 e. The molecule has 0 amide bonds. The molecule has 3 heterocycles. The quantitative estimate of drug-likeness (QED) is 0.565. The smallest absolute Gasteiger partial charge is 0.224 e. The number of aromatic nitrogens is 3. The Labute approximate surface area is 92.1 Å². The largest absolute Gasteiger partial charge is 0.383 e. The molecule has 0 atom stereocenters. The molecule has 16 heavy (non-hydrogen) atoms. The van der Waals surface area contributed by atoms with Crippen LogP contribution in [0.5, 0.6) is 0 Å². The van der Waals surface area contributed by atoms with Crippen molar-refractivity contribution in [3.8, 4) is 0 Å². The number of nitrogens with zero attached hydrogens (tertiary/aromatic N) is 3. The van der Waals surface area contributed by atoms with Gasteiger partial charge in [-0.3, -0.25) is 0 Å². The standard InChI is InChI=1S/C10H12N6/c11-8-6-3-5-4-13-2-1-7(5)14-9(6)16-10(12)15-8/h3,13H,1-2,4H2,(H4,11,12,14,15,16). The zero-order valence-corrected chi connectivity index (χ0v) is 8.70. The van der Waals surface area contributed by atoms with Gasteiger partial charge < -0.3 is 16.8 Å². The number of nitrogens with one attached hydrogen (secondary N) is 1. The van der Waals surface area contributed by atoms with E-state index in [-0.39, 0.29) is 5.95 Å². The van der Waals surface area contributed by atoms with E-state index in [1.54, 1.807) is 0 Å². The molecular weight excluding hydrogens is 204 g/mol. The van der Waals surface area contributed by atoms with Gasteiger partial charge in [-0.2, -0.15) is 9.97 Å². The highest BCUT2D eigenvalue weighted by Gasteiger charge is 2.13. The summed E-state index contributed by atoms with van der Waals surface area (Å²) in [7, 11) is 0. The molecule has 1 aliphatic rings. The van der Waals surface area contributed by atoms with Gasteiger partial charge >= 0.3 is 0 Å². The van der Waals surface area contributed by atoms with Crippen molar-refractivity contribution in [2.75, 3.05) is 18.0 Å². The second-order valence-electron chi connectivity index (χ2n) is 3.86. The summed E-state index contributed by atoms with van der Waals surface area (Å²) in [6, 6.07) is 2.00. The molecule has 0 aromatic carbocycles. The summed E-state index contributed by atoms with van der Waals surface area (Å²) in [6.07, 6.45) is 0.912.